The third-order valence-corrected chi connectivity index (χ3v) is 5.31. The van der Waals surface area contributed by atoms with E-state index in [4.69, 9.17) is 44.5 Å². The van der Waals surface area contributed by atoms with Gasteiger partial charge in [0.15, 0.2) is 24.7 Å². The van der Waals surface area contributed by atoms with Gasteiger partial charge in [-0.2, -0.15) is 0 Å². The largest absolute Gasteiger partial charge is 0.394 e. The quantitative estimate of drug-likeness (QED) is 0.324. The molecule has 3 unspecified atom stereocenters. The van der Waals surface area contributed by atoms with Crippen molar-refractivity contribution in [1.82, 2.24) is 0 Å². The number of fused-ring (bicyclic) bond motifs is 1. The van der Waals surface area contributed by atoms with Gasteiger partial charge in [-0.3, -0.25) is 0 Å². The number of carbonyl (C=O) groups is 1. The van der Waals surface area contributed by atoms with Crippen molar-refractivity contribution in [3.8, 4) is 0 Å². The van der Waals surface area contributed by atoms with Gasteiger partial charge in [-0.15, -0.1) is 0 Å². The van der Waals surface area contributed by atoms with Gasteiger partial charge >= 0.3 is 0 Å². The summed E-state index contributed by atoms with van der Waals surface area (Å²) >= 11 is 0. The number of benzene rings is 1. The molecule has 9 atom stereocenters. The molecular weight excluding hydrogens is 428 g/mol. The molecule has 180 valence electrons. The molecule has 32 heavy (non-hydrogen) atoms. The van der Waals surface area contributed by atoms with E-state index >= 15 is 0 Å². The summed E-state index contributed by atoms with van der Waals surface area (Å²) in [5.41, 5.74) is 1.04. The summed E-state index contributed by atoms with van der Waals surface area (Å²) in [7, 11) is 0. The molecule has 3 saturated heterocycles. The Morgan fingerprint density at radius 2 is 1.69 bits per heavy atom. The van der Waals surface area contributed by atoms with Gasteiger partial charge in [0.05, 0.1) is 13.2 Å². The van der Waals surface area contributed by atoms with E-state index in [-0.39, 0.29) is 6.10 Å². The summed E-state index contributed by atoms with van der Waals surface area (Å²) in [6.07, 6.45) is -8.30. The molecule has 0 amide bonds. The molecule has 0 bridgehead atoms. The lowest BCUT2D eigenvalue weighted by Crippen LogP contribution is -2.58. The van der Waals surface area contributed by atoms with Crippen LogP contribution in [0.2, 0.25) is 0 Å². The first-order chi connectivity index (χ1) is 15.2. The summed E-state index contributed by atoms with van der Waals surface area (Å²) < 4.78 is 27.3. The number of aliphatic hydroxyl groups is 5. The van der Waals surface area contributed by atoms with Crippen LogP contribution in [0.25, 0.3) is 0 Å². The van der Waals surface area contributed by atoms with Gasteiger partial charge in [-0.1, -0.05) is 30.3 Å². The van der Waals surface area contributed by atoms with Crippen molar-refractivity contribution in [1.29, 1.82) is 0 Å². The van der Waals surface area contributed by atoms with E-state index < -0.39 is 61.6 Å². The maximum Gasteiger partial charge on any atom is 0.190 e. The van der Waals surface area contributed by atoms with Crippen molar-refractivity contribution in [2.24, 2.45) is 0 Å². The van der Waals surface area contributed by atoms with Crippen molar-refractivity contribution in [2.75, 3.05) is 6.61 Å². The first-order valence-corrected chi connectivity index (χ1v) is 10.3. The smallest absolute Gasteiger partial charge is 0.190 e. The zero-order valence-corrected chi connectivity index (χ0v) is 17.8. The number of rotatable bonds is 5. The Balaban J connectivity index is 0.000000207. The minimum atomic E-state index is -1.57. The van der Waals surface area contributed by atoms with Gasteiger partial charge in [-0.05, 0) is 19.4 Å². The molecule has 3 fully saturated rings. The highest BCUT2D eigenvalue weighted by atomic mass is 16.8. The molecular formula is C21H30O11. The standard InChI is InChI=1S/C15H18O5.C6H12O6/c1-15(2)19-13-12(11(8-16)18-14(13)20-15)17-9-10-6-4-3-5-7-10;7-1-2-3(8)4(9)5(10)6(11)12-2/h3-8,11-14H,9H2,1-2H3;2-11H,1H2/t11-,12?,13+,14-;2?,3-,4+,5?,6+/m11/s1. The fourth-order valence-corrected chi connectivity index (χ4v) is 3.65. The highest BCUT2D eigenvalue weighted by Gasteiger charge is 2.55. The molecule has 3 aliphatic rings. The van der Waals surface area contributed by atoms with Crippen LogP contribution in [0, 0.1) is 0 Å². The van der Waals surface area contributed by atoms with Crippen LogP contribution in [0.4, 0.5) is 0 Å². The van der Waals surface area contributed by atoms with Crippen LogP contribution in [0.3, 0.4) is 0 Å². The molecule has 0 saturated carbocycles. The molecule has 3 heterocycles. The van der Waals surface area contributed by atoms with E-state index in [0.717, 1.165) is 11.8 Å². The third-order valence-electron chi connectivity index (χ3n) is 5.31. The molecule has 0 spiro atoms. The highest BCUT2D eigenvalue weighted by molar-refractivity contribution is 5.58. The number of aliphatic hydroxyl groups excluding tert-OH is 5. The Morgan fingerprint density at radius 1 is 1.00 bits per heavy atom. The highest BCUT2D eigenvalue weighted by Crippen LogP contribution is 2.38. The molecule has 0 aromatic heterocycles. The molecule has 11 nitrogen and oxygen atoms in total. The van der Waals surface area contributed by atoms with Gasteiger partial charge in [0, 0.05) is 0 Å². The first-order valence-electron chi connectivity index (χ1n) is 10.3. The minimum Gasteiger partial charge on any atom is -0.394 e. The topological polar surface area (TPSA) is 164 Å². The zero-order chi connectivity index (χ0) is 23.5. The summed E-state index contributed by atoms with van der Waals surface area (Å²) in [6, 6.07) is 9.78. The Bertz CT molecular complexity index is 725. The van der Waals surface area contributed by atoms with E-state index in [1.54, 1.807) is 0 Å². The van der Waals surface area contributed by atoms with Crippen LogP contribution in [0.1, 0.15) is 19.4 Å². The average molecular weight is 458 g/mol. The normalized spacial score (nSPS) is 40.3. The van der Waals surface area contributed by atoms with Gasteiger partial charge in [0.25, 0.3) is 0 Å². The summed E-state index contributed by atoms with van der Waals surface area (Å²) in [5, 5.41) is 44.7. The predicted molar refractivity (Wildman–Crippen MR) is 106 cm³/mol. The maximum absolute atomic E-state index is 11.1. The maximum atomic E-state index is 11.1. The van der Waals surface area contributed by atoms with E-state index in [1.807, 2.05) is 44.2 Å². The van der Waals surface area contributed by atoms with Crippen molar-refractivity contribution in [2.45, 2.75) is 81.5 Å². The number of hydrogen-bond acceptors (Lipinski definition) is 11. The number of aldehydes is 1. The predicted octanol–water partition coefficient (Wildman–Crippen LogP) is -1.57. The molecule has 1 aromatic carbocycles. The molecule has 3 aliphatic heterocycles. The second-order valence-corrected chi connectivity index (χ2v) is 8.19. The van der Waals surface area contributed by atoms with E-state index in [2.05, 4.69) is 4.74 Å². The summed E-state index contributed by atoms with van der Waals surface area (Å²) in [4.78, 5) is 11.1. The second-order valence-electron chi connectivity index (χ2n) is 8.19. The van der Waals surface area contributed by atoms with Crippen LogP contribution in [-0.2, 0) is 35.1 Å². The lowest BCUT2D eigenvalue weighted by atomic mass is 10.00. The second kappa shape index (κ2) is 10.6. The first kappa shape index (κ1) is 25.1. The van der Waals surface area contributed by atoms with Crippen LogP contribution >= 0.6 is 0 Å². The van der Waals surface area contributed by atoms with Gasteiger partial charge in [0.2, 0.25) is 0 Å². The van der Waals surface area contributed by atoms with Gasteiger partial charge in [0.1, 0.15) is 42.7 Å². The molecule has 0 aliphatic carbocycles. The van der Waals surface area contributed by atoms with Crippen molar-refractivity contribution < 1.29 is 54.0 Å². The van der Waals surface area contributed by atoms with Crippen LogP contribution in [-0.4, -0.2) is 99.5 Å². The Hall–Kier alpha value is -1.51. The monoisotopic (exact) mass is 458 g/mol. The Labute approximate surface area is 185 Å². The fourth-order valence-electron chi connectivity index (χ4n) is 3.65. The van der Waals surface area contributed by atoms with E-state index in [9.17, 15) is 4.79 Å². The van der Waals surface area contributed by atoms with Crippen LogP contribution in [0.5, 0.6) is 0 Å². The number of carbonyl (C=O) groups excluding carboxylic acids is 1. The van der Waals surface area contributed by atoms with E-state index in [0.29, 0.717) is 6.61 Å². The molecule has 1 aromatic rings. The van der Waals surface area contributed by atoms with Crippen molar-refractivity contribution >= 4 is 6.29 Å². The molecule has 11 heteroatoms. The minimum absolute atomic E-state index is 0.371. The van der Waals surface area contributed by atoms with Crippen molar-refractivity contribution in [3.05, 3.63) is 35.9 Å². The van der Waals surface area contributed by atoms with E-state index in [1.165, 1.54) is 0 Å². The average Bonchev–Trinajstić information content (AvgIpc) is 3.25. The molecule has 4 rings (SSSR count). The van der Waals surface area contributed by atoms with Crippen LogP contribution in [0.15, 0.2) is 30.3 Å². The lowest BCUT2D eigenvalue weighted by Gasteiger charge is -2.37. The number of hydrogen-bond donors (Lipinski definition) is 5. The van der Waals surface area contributed by atoms with Gasteiger partial charge < -0.3 is 54.0 Å². The third kappa shape index (κ3) is 5.69. The molecule has 5 N–H and O–H groups in total. The van der Waals surface area contributed by atoms with Crippen molar-refractivity contribution in [3.63, 3.8) is 0 Å². The lowest BCUT2D eigenvalue weighted by molar-refractivity contribution is -0.286. The number of ether oxygens (including phenoxy) is 5. The van der Waals surface area contributed by atoms with Gasteiger partial charge in [-0.25, -0.2) is 0 Å². The summed E-state index contributed by atoms with van der Waals surface area (Å²) in [5.74, 6) is -0.711. The Kier molecular flexibility index (Phi) is 8.33. The zero-order valence-electron chi connectivity index (χ0n) is 17.8. The molecule has 0 radical (unpaired) electrons. The van der Waals surface area contributed by atoms with Crippen LogP contribution < -0.4 is 0 Å². The Morgan fingerprint density at radius 3 is 2.31 bits per heavy atom. The summed E-state index contributed by atoms with van der Waals surface area (Å²) in [6.45, 7) is 3.52. The SMILES string of the molecule is CC1(C)O[C@H]2O[C@H](C=O)C(OCc3ccccc3)[C@@H]2O1.OCC1O[C@H](O)C(O)[C@@H](O)[C@@H]1O. The fraction of sp³-hybridized carbons (Fsp3) is 0.667.